The number of amides is 1. The minimum absolute atomic E-state index is 0.0458. The molecule has 5 nitrogen and oxygen atoms in total. The van der Waals surface area contributed by atoms with E-state index in [9.17, 15) is 4.79 Å². The van der Waals surface area contributed by atoms with Crippen LogP contribution in [0.4, 0.5) is 0 Å². The van der Waals surface area contributed by atoms with Gasteiger partial charge < -0.3 is 5.11 Å². The van der Waals surface area contributed by atoms with Crippen LogP contribution in [-0.2, 0) is 4.79 Å². The lowest BCUT2D eigenvalue weighted by Crippen LogP contribution is -2.27. The van der Waals surface area contributed by atoms with Gasteiger partial charge in [0, 0.05) is 6.42 Å². The fourth-order valence-electron chi connectivity index (χ4n) is 0.458. The Balaban J connectivity index is 4.02. The van der Waals surface area contributed by atoms with Crippen molar-refractivity contribution in [2.24, 2.45) is 4.99 Å². The molecule has 0 saturated carbocycles. The average molecular weight is 183 g/mol. The van der Waals surface area contributed by atoms with E-state index in [1.807, 2.05) is 0 Å². The number of carbonyl (C=O) groups is 1. The van der Waals surface area contributed by atoms with E-state index < -0.39 is 0 Å². The van der Waals surface area contributed by atoms with Gasteiger partial charge in [-0.05, 0) is 13.0 Å². The molecular formula is C8H13N3O2. The van der Waals surface area contributed by atoms with Crippen molar-refractivity contribution in [1.82, 2.24) is 5.32 Å². The predicted molar refractivity (Wildman–Crippen MR) is 51.0 cm³/mol. The zero-order valence-electron chi connectivity index (χ0n) is 7.66. The van der Waals surface area contributed by atoms with E-state index in [2.05, 4.69) is 10.3 Å². The summed E-state index contributed by atoms with van der Waals surface area (Å²) in [6, 6.07) is 0. The predicted octanol–water partition coefficient (Wildman–Crippen LogP) is 0.980. The van der Waals surface area contributed by atoms with E-state index in [4.69, 9.17) is 10.5 Å². The number of allylic oxidation sites excluding steroid dienone is 2. The number of rotatable bonds is 2. The number of nitrogens with one attached hydrogen (secondary N) is 2. The van der Waals surface area contributed by atoms with E-state index in [1.54, 1.807) is 13.8 Å². The highest BCUT2D eigenvalue weighted by molar-refractivity contribution is 5.99. The summed E-state index contributed by atoms with van der Waals surface area (Å²) in [6.45, 7) is 3.31. The molecule has 0 spiro atoms. The third-order valence-corrected chi connectivity index (χ3v) is 1.20. The molecule has 0 aromatic heterocycles. The molecule has 0 aromatic rings. The summed E-state index contributed by atoms with van der Waals surface area (Å²) >= 11 is 0. The topological polar surface area (TPSA) is 85.5 Å². The molecule has 0 aliphatic heterocycles. The monoisotopic (exact) mass is 183 g/mol. The van der Waals surface area contributed by atoms with E-state index in [0.29, 0.717) is 6.42 Å². The van der Waals surface area contributed by atoms with Crippen molar-refractivity contribution in [3.63, 3.8) is 0 Å². The lowest BCUT2D eigenvalue weighted by molar-refractivity contribution is -0.119. The Hall–Kier alpha value is -1.65. The summed E-state index contributed by atoms with van der Waals surface area (Å²) in [4.78, 5) is 14.2. The molecule has 0 aliphatic rings. The normalized spacial score (nSPS) is 11.7. The van der Waals surface area contributed by atoms with Gasteiger partial charge in [0.1, 0.15) is 5.76 Å². The minimum atomic E-state index is -0.278. The zero-order chi connectivity index (χ0) is 10.3. The highest BCUT2D eigenvalue weighted by atomic mass is 16.3. The van der Waals surface area contributed by atoms with Crippen LogP contribution in [0, 0.1) is 5.41 Å². The number of hydrogen-bond donors (Lipinski definition) is 3. The molecule has 5 heteroatoms. The largest absolute Gasteiger partial charge is 0.507 e. The molecule has 0 radical (unpaired) electrons. The molecule has 0 fully saturated rings. The molecule has 0 aromatic carbocycles. The van der Waals surface area contributed by atoms with Crippen molar-refractivity contribution < 1.29 is 9.90 Å². The van der Waals surface area contributed by atoms with Crippen LogP contribution in [0.5, 0.6) is 0 Å². The Morgan fingerprint density at radius 3 is 2.77 bits per heavy atom. The SMILES string of the molecule is C/C=C(/O)C=NC(=N)NC(=O)CC. The van der Waals surface area contributed by atoms with Gasteiger partial charge in [-0.1, -0.05) is 6.92 Å². The van der Waals surface area contributed by atoms with Gasteiger partial charge in [-0.3, -0.25) is 15.5 Å². The number of aliphatic hydroxyl groups is 1. The van der Waals surface area contributed by atoms with Crippen LogP contribution in [0.1, 0.15) is 20.3 Å². The van der Waals surface area contributed by atoms with E-state index in [-0.39, 0.29) is 17.6 Å². The van der Waals surface area contributed by atoms with Gasteiger partial charge in [0.2, 0.25) is 11.9 Å². The quantitative estimate of drug-likeness (QED) is 0.338. The first kappa shape index (κ1) is 11.4. The first-order valence-corrected chi connectivity index (χ1v) is 3.87. The average Bonchev–Trinajstić information content (AvgIpc) is 2.13. The van der Waals surface area contributed by atoms with Crippen LogP contribution in [-0.4, -0.2) is 23.2 Å². The maximum atomic E-state index is 10.7. The fourth-order valence-corrected chi connectivity index (χ4v) is 0.458. The summed E-state index contributed by atoms with van der Waals surface area (Å²) in [5.74, 6) is -0.599. The maximum absolute atomic E-state index is 10.7. The first-order valence-electron chi connectivity index (χ1n) is 3.87. The third kappa shape index (κ3) is 5.60. The first-order chi connectivity index (χ1) is 6.10. The Kier molecular flexibility index (Phi) is 5.18. The number of guanidine groups is 1. The molecule has 1 amide bonds. The second kappa shape index (κ2) is 5.93. The molecule has 72 valence electrons. The lowest BCUT2D eigenvalue weighted by atomic mass is 10.4. The van der Waals surface area contributed by atoms with Crippen LogP contribution in [0.2, 0.25) is 0 Å². The van der Waals surface area contributed by atoms with Crippen LogP contribution < -0.4 is 5.32 Å². The van der Waals surface area contributed by atoms with Gasteiger partial charge in [0.25, 0.3) is 0 Å². The van der Waals surface area contributed by atoms with Gasteiger partial charge in [0.15, 0.2) is 0 Å². The number of aliphatic hydroxyl groups excluding tert-OH is 1. The zero-order valence-corrected chi connectivity index (χ0v) is 7.66. The molecule has 0 rings (SSSR count). The Morgan fingerprint density at radius 1 is 1.69 bits per heavy atom. The highest BCUT2D eigenvalue weighted by Crippen LogP contribution is 1.82. The fraction of sp³-hybridized carbons (Fsp3) is 0.375. The smallest absolute Gasteiger partial charge is 0.226 e. The molecule has 13 heavy (non-hydrogen) atoms. The molecule has 0 heterocycles. The molecule has 0 unspecified atom stereocenters. The third-order valence-electron chi connectivity index (χ3n) is 1.20. The number of carbonyl (C=O) groups excluding carboxylic acids is 1. The van der Waals surface area contributed by atoms with Crippen LogP contribution in [0.15, 0.2) is 16.8 Å². The van der Waals surface area contributed by atoms with E-state index in [0.717, 1.165) is 6.21 Å². The van der Waals surface area contributed by atoms with E-state index >= 15 is 0 Å². The number of nitrogens with zero attached hydrogens (tertiary/aromatic N) is 1. The van der Waals surface area contributed by atoms with Crippen LogP contribution in [0.3, 0.4) is 0 Å². The summed E-state index contributed by atoms with van der Waals surface area (Å²) in [5, 5.41) is 18.2. The summed E-state index contributed by atoms with van der Waals surface area (Å²) in [5.41, 5.74) is 0. The van der Waals surface area contributed by atoms with Crippen molar-refractivity contribution in [3.05, 3.63) is 11.8 Å². The van der Waals surface area contributed by atoms with E-state index in [1.165, 1.54) is 6.08 Å². The van der Waals surface area contributed by atoms with Crippen molar-refractivity contribution in [2.45, 2.75) is 20.3 Å². The van der Waals surface area contributed by atoms with Crippen LogP contribution >= 0.6 is 0 Å². The summed E-state index contributed by atoms with van der Waals surface area (Å²) in [7, 11) is 0. The lowest BCUT2D eigenvalue weighted by Gasteiger charge is -1.98. The molecule has 0 atom stereocenters. The van der Waals surface area contributed by atoms with Crippen molar-refractivity contribution in [1.29, 1.82) is 5.41 Å². The summed E-state index contributed by atoms with van der Waals surface area (Å²) < 4.78 is 0. The molecule has 0 saturated heterocycles. The van der Waals surface area contributed by atoms with Gasteiger partial charge in [-0.15, -0.1) is 0 Å². The Morgan fingerprint density at radius 2 is 2.31 bits per heavy atom. The van der Waals surface area contributed by atoms with Crippen LogP contribution in [0.25, 0.3) is 0 Å². The number of aliphatic imine (C=N–C) groups is 1. The second-order valence-electron chi connectivity index (χ2n) is 2.22. The minimum Gasteiger partial charge on any atom is -0.507 e. The van der Waals surface area contributed by atoms with Crippen molar-refractivity contribution in [2.75, 3.05) is 0 Å². The van der Waals surface area contributed by atoms with Gasteiger partial charge in [-0.25, -0.2) is 4.99 Å². The molecule has 0 aliphatic carbocycles. The highest BCUT2D eigenvalue weighted by Gasteiger charge is 1.98. The molecule has 0 bridgehead atoms. The van der Waals surface area contributed by atoms with Crippen molar-refractivity contribution >= 4 is 18.1 Å². The Labute approximate surface area is 76.7 Å². The maximum Gasteiger partial charge on any atom is 0.226 e. The molecule has 3 N–H and O–H groups in total. The standard InChI is InChI=1S/C8H13N3O2/c1-3-6(12)5-10-8(9)11-7(13)4-2/h3,5,12H,4H2,1-2H3,(H2,9,11,13)/b6-3+,10-5?. The van der Waals surface area contributed by atoms with Gasteiger partial charge >= 0.3 is 0 Å². The van der Waals surface area contributed by atoms with Crippen molar-refractivity contribution in [3.8, 4) is 0 Å². The number of hydrogen-bond acceptors (Lipinski definition) is 3. The second-order valence-corrected chi connectivity index (χ2v) is 2.22. The van der Waals surface area contributed by atoms with Gasteiger partial charge in [0.05, 0.1) is 6.21 Å². The van der Waals surface area contributed by atoms with Gasteiger partial charge in [-0.2, -0.15) is 0 Å². The molecular weight excluding hydrogens is 170 g/mol. The Bertz CT molecular complexity index is 256. The summed E-state index contributed by atoms with van der Waals surface area (Å²) in [6.07, 6.45) is 2.82.